The van der Waals surface area contributed by atoms with Crippen LogP contribution in [0.25, 0.3) is 0 Å². The van der Waals surface area contributed by atoms with E-state index < -0.39 is 11.6 Å². The zero-order valence-electron chi connectivity index (χ0n) is 11.7. The second-order valence-corrected chi connectivity index (χ2v) is 6.12. The number of carbonyl (C=O) groups is 2. The summed E-state index contributed by atoms with van der Waals surface area (Å²) in [5.41, 5.74) is -0.802. The van der Waals surface area contributed by atoms with E-state index in [1.165, 1.54) is 0 Å². The van der Waals surface area contributed by atoms with Gasteiger partial charge in [0.05, 0.1) is 6.54 Å². The minimum Gasteiger partial charge on any atom is -0.465 e. The lowest BCUT2D eigenvalue weighted by Crippen LogP contribution is -2.55. The van der Waals surface area contributed by atoms with Crippen molar-refractivity contribution in [3.05, 3.63) is 0 Å². The van der Waals surface area contributed by atoms with E-state index in [4.69, 9.17) is 11.5 Å². The second kappa shape index (κ2) is 5.52. The molecular formula is C14H22N2O3. The van der Waals surface area contributed by atoms with Crippen LogP contribution in [0.2, 0.25) is 0 Å². The number of amides is 2. The Labute approximate surface area is 114 Å². The van der Waals surface area contributed by atoms with Gasteiger partial charge in [0.25, 0.3) is 0 Å². The molecule has 0 heterocycles. The number of terminal acetylenes is 1. The Morgan fingerprint density at radius 3 is 2.58 bits per heavy atom. The summed E-state index contributed by atoms with van der Waals surface area (Å²) in [5.74, 6) is 2.10. The first-order chi connectivity index (χ1) is 8.72. The largest absolute Gasteiger partial charge is 0.465 e. The average Bonchev–Trinajstić information content (AvgIpc) is 2.69. The first kappa shape index (κ1) is 15.4. The van der Waals surface area contributed by atoms with Crippen molar-refractivity contribution in [2.75, 3.05) is 6.54 Å². The van der Waals surface area contributed by atoms with Crippen molar-refractivity contribution < 1.29 is 14.7 Å². The van der Waals surface area contributed by atoms with Crippen molar-refractivity contribution in [1.82, 2.24) is 10.6 Å². The molecule has 2 unspecified atom stereocenters. The maximum atomic E-state index is 11.9. The van der Waals surface area contributed by atoms with E-state index in [1.54, 1.807) is 0 Å². The number of hydrogen-bond donors (Lipinski definition) is 3. The second-order valence-electron chi connectivity index (χ2n) is 6.12. The van der Waals surface area contributed by atoms with Crippen molar-refractivity contribution in [3.63, 3.8) is 0 Å². The van der Waals surface area contributed by atoms with Crippen LogP contribution in [0.3, 0.4) is 0 Å². The SMILES string of the molecule is C#CCNC(=O)C1CCC(NC(=O)O)(C(C)(C)C)C1. The van der Waals surface area contributed by atoms with Gasteiger partial charge in [-0.1, -0.05) is 26.7 Å². The zero-order chi connectivity index (χ0) is 14.7. The van der Waals surface area contributed by atoms with Crippen molar-refractivity contribution in [3.8, 4) is 12.3 Å². The molecule has 5 nitrogen and oxygen atoms in total. The smallest absolute Gasteiger partial charge is 0.405 e. The van der Waals surface area contributed by atoms with E-state index >= 15 is 0 Å². The molecule has 1 fully saturated rings. The first-order valence-electron chi connectivity index (χ1n) is 6.44. The van der Waals surface area contributed by atoms with Crippen molar-refractivity contribution in [2.24, 2.45) is 11.3 Å². The van der Waals surface area contributed by atoms with Crippen LogP contribution in [0.5, 0.6) is 0 Å². The van der Waals surface area contributed by atoms with Gasteiger partial charge in [0.1, 0.15) is 0 Å². The van der Waals surface area contributed by atoms with Crippen molar-refractivity contribution >= 4 is 12.0 Å². The first-order valence-corrected chi connectivity index (χ1v) is 6.44. The summed E-state index contributed by atoms with van der Waals surface area (Å²) in [4.78, 5) is 22.9. The lowest BCUT2D eigenvalue weighted by molar-refractivity contribution is -0.124. The van der Waals surface area contributed by atoms with E-state index in [2.05, 4.69) is 16.6 Å². The van der Waals surface area contributed by atoms with Crippen LogP contribution in [0.4, 0.5) is 4.79 Å². The zero-order valence-corrected chi connectivity index (χ0v) is 11.7. The van der Waals surface area contributed by atoms with Gasteiger partial charge >= 0.3 is 6.09 Å². The monoisotopic (exact) mass is 266 g/mol. The van der Waals surface area contributed by atoms with Crippen molar-refractivity contribution in [1.29, 1.82) is 0 Å². The van der Waals surface area contributed by atoms with E-state index in [-0.39, 0.29) is 23.8 Å². The van der Waals surface area contributed by atoms with Crippen LogP contribution in [-0.2, 0) is 4.79 Å². The maximum absolute atomic E-state index is 11.9. The normalized spacial score (nSPS) is 26.5. The van der Waals surface area contributed by atoms with E-state index in [1.807, 2.05) is 20.8 Å². The lowest BCUT2D eigenvalue weighted by atomic mass is 9.72. The highest BCUT2D eigenvalue weighted by Crippen LogP contribution is 2.46. The van der Waals surface area contributed by atoms with Crippen molar-refractivity contribution in [2.45, 2.75) is 45.6 Å². The molecule has 0 bridgehead atoms. The molecule has 106 valence electrons. The fourth-order valence-electron chi connectivity index (χ4n) is 2.74. The predicted molar refractivity (Wildman–Crippen MR) is 72.5 cm³/mol. The fraction of sp³-hybridized carbons (Fsp3) is 0.714. The molecule has 3 N–H and O–H groups in total. The highest BCUT2D eigenvalue weighted by atomic mass is 16.4. The summed E-state index contributed by atoms with van der Waals surface area (Å²) in [7, 11) is 0. The number of rotatable bonds is 3. The highest BCUT2D eigenvalue weighted by Gasteiger charge is 2.50. The van der Waals surface area contributed by atoms with Gasteiger partial charge in [0, 0.05) is 11.5 Å². The van der Waals surface area contributed by atoms with E-state index in [0.29, 0.717) is 19.3 Å². The Bertz CT molecular complexity index is 406. The molecule has 0 spiro atoms. The summed E-state index contributed by atoms with van der Waals surface area (Å²) in [6.45, 7) is 6.18. The van der Waals surface area contributed by atoms with Crippen LogP contribution < -0.4 is 10.6 Å². The fourth-order valence-corrected chi connectivity index (χ4v) is 2.74. The Morgan fingerprint density at radius 1 is 1.47 bits per heavy atom. The Kier molecular flexibility index (Phi) is 4.46. The van der Waals surface area contributed by atoms with E-state index in [0.717, 1.165) is 0 Å². The third-order valence-electron chi connectivity index (χ3n) is 4.03. The maximum Gasteiger partial charge on any atom is 0.405 e. The van der Waals surface area contributed by atoms with Crippen LogP contribution in [0.1, 0.15) is 40.0 Å². The summed E-state index contributed by atoms with van der Waals surface area (Å²) < 4.78 is 0. The van der Waals surface area contributed by atoms with E-state index in [9.17, 15) is 9.59 Å². The van der Waals surface area contributed by atoms with Crippen LogP contribution in [-0.4, -0.2) is 29.2 Å². The van der Waals surface area contributed by atoms with Gasteiger partial charge in [-0.2, -0.15) is 0 Å². The molecule has 1 aliphatic carbocycles. The molecule has 2 atom stereocenters. The molecule has 5 heteroatoms. The molecule has 19 heavy (non-hydrogen) atoms. The third-order valence-corrected chi connectivity index (χ3v) is 4.03. The van der Waals surface area contributed by atoms with Gasteiger partial charge in [0.15, 0.2) is 0 Å². The number of carbonyl (C=O) groups excluding carboxylic acids is 1. The minimum absolute atomic E-state index is 0.0868. The Balaban J connectivity index is 2.81. The molecule has 1 rings (SSSR count). The average molecular weight is 266 g/mol. The Morgan fingerprint density at radius 2 is 2.11 bits per heavy atom. The Hall–Kier alpha value is -1.70. The van der Waals surface area contributed by atoms with Gasteiger partial charge in [-0.15, -0.1) is 6.42 Å². The molecule has 0 saturated heterocycles. The molecule has 1 aliphatic rings. The van der Waals surface area contributed by atoms with Crippen LogP contribution in [0, 0.1) is 23.7 Å². The number of hydrogen-bond acceptors (Lipinski definition) is 2. The van der Waals surface area contributed by atoms with Gasteiger partial charge < -0.3 is 15.7 Å². The molecule has 0 aliphatic heterocycles. The topological polar surface area (TPSA) is 78.4 Å². The number of nitrogens with one attached hydrogen (secondary N) is 2. The standard InChI is InChI=1S/C14H22N2O3/c1-5-8-15-11(17)10-6-7-14(9-10,13(2,3)4)16-12(18)19/h1,10,16H,6-9H2,2-4H3,(H,15,17)(H,18,19). The molecule has 0 radical (unpaired) electrons. The molecular weight excluding hydrogens is 244 g/mol. The van der Waals surface area contributed by atoms with Gasteiger partial charge in [-0.25, -0.2) is 4.79 Å². The predicted octanol–water partition coefficient (Wildman–Crippen LogP) is 1.59. The molecule has 2 amide bonds. The van der Waals surface area contributed by atoms with Crippen LogP contribution in [0.15, 0.2) is 0 Å². The summed E-state index contributed by atoms with van der Waals surface area (Å²) in [6.07, 6.45) is 5.92. The van der Waals surface area contributed by atoms with Crippen LogP contribution >= 0.6 is 0 Å². The molecule has 1 saturated carbocycles. The third kappa shape index (κ3) is 3.40. The summed E-state index contributed by atoms with van der Waals surface area (Å²) in [6, 6.07) is 0. The minimum atomic E-state index is -1.04. The molecule has 0 aromatic heterocycles. The van der Waals surface area contributed by atoms with Gasteiger partial charge in [0.2, 0.25) is 5.91 Å². The quantitative estimate of drug-likeness (QED) is 0.679. The van der Waals surface area contributed by atoms with Gasteiger partial charge in [-0.3, -0.25) is 4.79 Å². The number of carboxylic acid groups (broad SMARTS) is 1. The van der Waals surface area contributed by atoms with Gasteiger partial charge in [-0.05, 0) is 24.7 Å². The summed E-state index contributed by atoms with van der Waals surface area (Å²) in [5, 5.41) is 14.3. The highest BCUT2D eigenvalue weighted by molar-refractivity contribution is 5.79. The molecule has 0 aromatic carbocycles. The lowest BCUT2D eigenvalue weighted by Gasteiger charge is -2.42. The molecule has 0 aromatic rings. The summed E-state index contributed by atoms with van der Waals surface area (Å²) >= 11 is 0.